The minimum atomic E-state index is -4.37. The lowest BCUT2D eigenvalue weighted by atomic mass is 10.1. The molecule has 0 radical (unpaired) electrons. The zero-order valence-electron chi connectivity index (χ0n) is 10.6. The number of hydrogen-bond donors (Lipinski definition) is 1. The molecule has 110 valence electrons. The zero-order valence-corrected chi connectivity index (χ0v) is 10.6. The molecule has 1 aliphatic carbocycles. The van der Waals surface area contributed by atoms with Gasteiger partial charge in [0.05, 0.1) is 16.0 Å². The number of aromatic nitrogens is 1. The maximum Gasteiger partial charge on any atom is 0.411 e. The quantitative estimate of drug-likeness (QED) is 0.693. The van der Waals surface area contributed by atoms with E-state index in [0.717, 1.165) is 0 Å². The molecule has 0 saturated heterocycles. The Morgan fingerprint density at radius 3 is 2.57 bits per heavy atom. The summed E-state index contributed by atoms with van der Waals surface area (Å²) in [5.74, 6) is 0. The number of alkyl halides is 3. The number of nitro benzene ring substituents is 1. The van der Waals surface area contributed by atoms with E-state index in [0.29, 0.717) is 0 Å². The molecule has 1 saturated carbocycles. The Morgan fingerprint density at radius 1 is 1.29 bits per heavy atom. The molecular weight excluding hydrogens is 287 g/mol. The van der Waals surface area contributed by atoms with E-state index >= 15 is 0 Å². The highest BCUT2D eigenvalue weighted by atomic mass is 19.4. The molecule has 3 rings (SSSR count). The van der Waals surface area contributed by atoms with Crippen LogP contribution in [0.15, 0.2) is 30.5 Å². The Hall–Kier alpha value is -2.38. The van der Waals surface area contributed by atoms with Gasteiger partial charge in [0.2, 0.25) is 0 Å². The Bertz CT molecular complexity index is 726. The van der Waals surface area contributed by atoms with E-state index in [-0.39, 0.29) is 35.1 Å². The predicted octanol–water partition coefficient (Wildman–Crippen LogP) is 3.65. The molecule has 0 spiro atoms. The van der Waals surface area contributed by atoms with Gasteiger partial charge in [-0.3, -0.25) is 15.1 Å². The molecule has 1 heterocycles. The molecule has 1 N–H and O–H groups in total. The summed E-state index contributed by atoms with van der Waals surface area (Å²) >= 11 is 0. The first-order valence-corrected chi connectivity index (χ1v) is 6.21. The van der Waals surface area contributed by atoms with Crippen molar-refractivity contribution >= 4 is 22.3 Å². The summed E-state index contributed by atoms with van der Waals surface area (Å²) in [6.45, 7) is 0. The van der Waals surface area contributed by atoms with Gasteiger partial charge < -0.3 is 5.32 Å². The van der Waals surface area contributed by atoms with Crippen molar-refractivity contribution in [3.63, 3.8) is 0 Å². The van der Waals surface area contributed by atoms with Crippen molar-refractivity contribution in [2.45, 2.75) is 24.6 Å². The largest absolute Gasteiger partial charge is 0.411 e. The summed E-state index contributed by atoms with van der Waals surface area (Å²) in [5, 5.41) is 13.6. The second kappa shape index (κ2) is 4.31. The molecule has 1 aliphatic rings. The lowest BCUT2D eigenvalue weighted by Gasteiger charge is -2.22. The first-order valence-electron chi connectivity index (χ1n) is 6.21. The lowest BCUT2D eigenvalue weighted by Crippen LogP contribution is -2.38. The van der Waals surface area contributed by atoms with Gasteiger partial charge in [-0.2, -0.15) is 13.2 Å². The highest BCUT2D eigenvalue weighted by molar-refractivity contribution is 5.97. The van der Waals surface area contributed by atoms with Crippen molar-refractivity contribution in [2.75, 3.05) is 5.32 Å². The van der Waals surface area contributed by atoms with Crippen LogP contribution in [0.3, 0.4) is 0 Å². The average Bonchev–Trinajstić information content (AvgIpc) is 3.19. The molecule has 1 aromatic heterocycles. The van der Waals surface area contributed by atoms with Crippen LogP contribution in [0.5, 0.6) is 0 Å². The normalized spacial score (nSPS) is 16.7. The van der Waals surface area contributed by atoms with Crippen LogP contribution in [0.4, 0.5) is 24.5 Å². The first-order chi connectivity index (χ1) is 9.84. The van der Waals surface area contributed by atoms with Crippen LogP contribution >= 0.6 is 0 Å². The Balaban J connectivity index is 2.09. The van der Waals surface area contributed by atoms with Crippen LogP contribution in [0.25, 0.3) is 10.9 Å². The number of anilines is 1. The number of hydrogen-bond acceptors (Lipinski definition) is 4. The van der Waals surface area contributed by atoms with Gasteiger partial charge in [-0.15, -0.1) is 0 Å². The third-order valence-corrected chi connectivity index (χ3v) is 3.61. The van der Waals surface area contributed by atoms with E-state index in [4.69, 9.17) is 0 Å². The number of non-ortho nitro benzene ring substituents is 1. The van der Waals surface area contributed by atoms with Crippen molar-refractivity contribution in [2.24, 2.45) is 0 Å². The van der Waals surface area contributed by atoms with E-state index in [1.807, 2.05) is 0 Å². The number of benzene rings is 1. The van der Waals surface area contributed by atoms with Gasteiger partial charge in [0, 0.05) is 12.3 Å². The van der Waals surface area contributed by atoms with Crippen LogP contribution in [0, 0.1) is 10.1 Å². The fourth-order valence-corrected chi connectivity index (χ4v) is 2.28. The number of halogens is 3. The number of rotatable bonds is 3. The molecule has 0 bridgehead atoms. The Kier molecular flexibility index (Phi) is 2.79. The molecule has 8 heteroatoms. The monoisotopic (exact) mass is 297 g/mol. The van der Waals surface area contributed by atoms with Gasteiger partial charge in [-0.05, 0) is 31.0 Å². The molecule has 2 aromatic rings. The first kappa shape index (κ1) is 13.6. The second-order valence-electron chi connectivity index (χ2n) is 4.99. The number of nitrogens with one attached hydrogen (secondary N) is 1. The third kappa shape index (κ3) is 2.16. The van der Waals surface area contributed by atoms with Crippen molar-refractivity contribution in [3.05, 3.63) is 40.6 Å². The van der Waals surface area contributed by atoms with Gasteiger partial charge >= 0.3 is 6.18 Å². The SMILES string of the molecule is O=[N+]([O-])c1ccc(NC2(C(F)(F)F)CC2)c2ncccc12. The predicted molar refractivity (Wildman–Crippen MR) is 70.0 cm³/mol. The lowest BCUT2D eigenvalue weighted by molar-refractivity contribution is -0.383. The van der Waals surface area contributed by atoms with Crippen LogP contribution in [-0.4, -0.2) is 21.6 Å². The maximum atomic E-state index is 13.0. The van der Waals surface area contributed by atoms with E-state index < -0.39 is 16.6 Å². The van der Waals surface area contributed by atoms with Gasteiger partial charge in [0.25, 0.3) is 5.69 Å². The number of fused-ring (bicyclic) bond motifs is 1. The van der Waals surface area contributed by atoms with Crippen molar-refractivity contribution < 1.29 is 18.1 Å². The van der Waals surface area contributed by atoms with Gasteiger partial charge in [0.15, 0.2) is 0 Å². The highest BCUT2D eigenvalue weighted by Gasteiger charge is 2.63. The van der Waals surface area contributed by atoms with Gasteiger partial charge in [0.1, 0.15) is 11.1 Å². The van der Waals surface area contributed by atoms with Crippen LogP contribution in [0.1, 0.15) is 12.8 Å². The summed E-state index contributed by atoms with van der Waals surface area (Å²) in [6.07, 6.45) is -3.00. The Labute approximate surface area is 116 Å². The maximum absolute atomic E-state index is 13.0. The fraction of sp³-hybridized carbons (Fsp3) is 0.308. The fourth-order valence-electron chi connectivity index (χ4n) is 2.28. The van der Waals surface area contributed by atoms with E-state index in [9.17, 15) is 23.3 Å². The topological polar surface area (TPSA) is 68.1 Å². The van der Waals surface area contributed by atoms with Crippen molar-refractivity contribution in [1.29, 1.82) is 0 Å². The van der Waals surface area contributed by atoms with Crippen LogP contribution in [-0.2, 0) is 0 Å². The minimum absolute atomic E-state index is 0.0121. The highest BCUT2D eigenvalue weighted by Crippen LogP contribution is 2.51. The van der Waals surface area contributed by atoms with E-state index in [1.54, 1.807) is 0 Å². The van der Waals surface area contributed by atoms with Crippen LogP contribution < -0.4 is 5.32 Å². The second-order valence-corrected chi connectivity index (χ2v) is 4.99. The van der Waals surface area contributed by atoms with Gasteiger partial charge in [-0.1, -0.05) is 0 Å². The zero-order chi connectivity index (χ0) is 15.3. The van der Waals surface area contributed by atoms with Crippen molar-refractivity contribution in [3.8, 4) is 0 Å². The molecule has 1 aromatic carbocycles. The number of pyridine rings is 1. The molecule has 21 heavy (non-hydrogen) atoms. The van der Waals surface area contributed by atoms with Crippen LogP contribution in [0.2, 0.25) is 0 Å². The minimum Gasteiger partial charge on any atom is -0.370 e. The molecule has 0 amide bonds. The molecule has 0 aliphatic heterocycles. The summed E-state index contributed by atoms with van der Waals surface area (Å²) in [7, 11) is 0. The smallest absolute Gasteiger partial charge is 0.370 e. The summed E-state index contributed by atoms with van der Waals surface area (Å²) in [4.78, 5) is 14.4. The summed E-state index contributed by atoms with van der Waals surface area (Å²) < 4.78 is 39.0. The summed E-state index contributed by atoms with van der Waals surface area (Å²) in [5.41, 5.74) is -1.79. The summed E-state index contributed by atoms with van der Waals surface area (Å²) in [6, 6.07) is 5.45. The van der Waals surface area contributed by atoms with E-state index in [2.05, 4.69) is 10.3 Å². The average molecular weight is 297 g/mol. The molecule has 0 unspecified atom stereocenters. The number of nitro groups is 1. The standard InChI is InChI=1S/C13H10F3N3O2/c14-13(15,16)12(5-6-12)18-9-3-4-10(19(20)21)8-2-1-7-17-11(8)9/h1-4,7,18H,5-6H2. The third-order valence-electron chi connectivity index (χ3n) is 3.61. The molecule has 0 atom stereocenters. The van der Waals surface area contributed by atoms with E-state index in [1.165, 1.54) is 30.5 Å². The van der Waals surface area contributed by atoms with Gasteiger partial charge in [-0.25, -0.2) is 0 Å². The molecular formula is C13H10F3N3O2. The molecule has 5 nitrogen and oxygen atoms in total. The van der Waals surface area contributed by atoms with Crippen molar-refractivity contribution in [1.82, 2.24) is 4.98 Å². The molecule has 1 fully saturated rings. The number of nitrogens with zero attached hydrogens (tertiary/aromatic N) is 2. The Morgan fingerprint density at radius 2 is 2.00 bits per heavy atom.